The van der Waals surface area contributed by atoms with E-state index in [0.29, 0.717) is 11.1 Å². The van der Waals surface area contributed by atoms with E-state index in [2.05, 4.69) is 9.98 Å². The van der Waals surface area contributed by atoms with E-state index in [1.54, 1.807) is 61.0 Å². The second kappa shape index (κ2) is 9.22. The van der Waals surface area contributed by atoms with Crippen molar-refractivity contribution in [2.45, 2.75) is 0 Å². The Labute approximate surface area is 172 Å². The fourth-order valence-electron chi connectivity index (χ4n) is 2.37. The van der Waals surface area contributed by atoms with Gasteiger partial charge in [-0.1, -0.05) is 18.2 Å². The van der Waals surface area contributed by atoms with Gasteiger partial charge in [0.15, 0.2) is 0 Å². The molecular formula is C22H14Cl2N2O2. The Hall–Kier alpha value is -3.08. The van der Waals surface area contributed by atoms with Crippen LogP contribution in [0, 0.1) is 0 Å². The number of benzene rings is 3. The maximum atomic E-state index is 11.1. The number of carbonyl (C=O) groups is 2. The molecule has 0 saturated heterocycles. The molecule has 0 bridgehead atoms. The molecule has 0 N–H and O–H groups in total. The molecule has 0 fully saturated rings. The zero-order valence-electron chi connectivity index (χ0n) is 14.5. The third kappa shape index (κ3) is 5.46. The molecule has 0 spiro atoms. The Bertz CT molecular complexity index is 974. The Kier molecular flexibility index (Phi) is 6.48. The molecule has 28 heavy (non-hydrogen) atoms. The molecule has 0 atom stereocenters. The monoisotopic (exact) mass is 408 g/mol. The molecule has 0 aliphatic heterocycles. The van der Waals surface area contributed by atoms with Crippen LogP contribution in [0.1, 0.15) is 31.8 Å². The van der Waals surface area contributed by atoms with E-state index < -0.39 is 10.5 Å². The van der Waals surface area contributed by atoms with Crippen molar-refractivity contribution < 1.29 is 9.59 Å². The molecule has 0 aliphatic rings. The van der Waals surface area contributed by atoms with Crippen LogP contribution in [0.5, 0.6) is 0 Å². The van der Waals surface area contributed by atoms with Gasteiger partial charge in [-0.15, -0.1) is 0 Å². The van der Waals surface area contributed by atoms with E-state index in [0.717, 1.165) is 22.5 Å². The van der Waals surface area contributed by atoms with Gasteiger partial charge in [0.1, 0.15) is 0 Å². The quantitative estimate of drug-likeness (QED) is 0.373. The summed E-state index contributed by atoms with van der Waals surface area (Å²) < 4.78 is 0. The van der Waals surface area contributed by atoms with Crippen molar-refractivity contribution >= 4 is 57.5 Å². The Morgan fingerprint density at radius 1 is 0.643 bits per heavy atom. The summed E-state index contributed by atoms with van der Waals surface area (Å²) in [6.45, 7) is 0. The third-order valence-corrected chi connectivity index (χ3v) is 4.26. The van der Waals surface area contributed by atoms with E-state index >= 15 is 0 Å². The SMILES string of the molecule is O=C(Cl)c1ccc(N=Cc2cccc(C=Nc3ccc(C(=O)Cl)cc3)c2)cc1. The van der Waals surface area contributed by atoms with Gasteiger partial charge >= 0.3 is 0 Å². The first kappa shape index (κ1) is 19.7. The van der Waals surface area contributed by atoms with Gasteiger partial charge in [-0.05, 0) is 88.9 Å². The van der Waals surface area contributed by atoms with E-state index in [-0.39, 0.29) is 0 Å². The topological polar surface area (TPSA) is 58.9 Å². The van der Waals surface area contributed by atoms with Crippen molar-refractivity contribution in [2.75, 3.05) is 0 Å². The van der Waals surface area contributed by atoms with Gasteiger partial charge in [0.05, 0.1) is 11.4 Å². The number of hydrogen-bond acceptors (Lipinski definition) is 4. The number of nitrogens with zero attached hydrogens (tertiary/aromatic N) is 2. The number of halogens is 2. The van der Waals surface area contributed by atoms with Crippen LogP contribution in [0.4, 0.5) is 11.4 Å². The van der Waals surface area contributed by atoms with Gasteiger partial charge in [0, 0.05) is 23.6 Å². The smallest absolute Gasteiger partial charge is 0.252 e. The molecule has 3 aromatic rings. The lowest BCUT2D eigenvalue weighted by molar-refractivity contribution is 0.107. The lowest BCUT2D eigenvalue weighted by atomic mass is 10.1. The van der Waals surface area contributed by atoms with Crippen LogP contribution in [0.3, 0.4) is 0 Å². The van der Waals surface area contributed by atoms with Crippen LogP contribution in [0.25, 0.3) is 0 Å². The van der Waals surface area contributed by atoms with Gasteiger partial charge in [0.25, 0.3) is 10.5 Å². The van der Waals surface area contributed by atoms with E-state index in [1.807, 2.05) is 24.3 Å². The highest BCUT2D eigenvalue weighted by molar-refractivity contribution is 6.68. The zero-order chi connectivity index (χ0) is 19.9. The molecule has 0 radical (unpaired) electrons. The molecular weight excluding hydrogens is 395 g/mol. The van der Waals surface area contributed by atoms with Crippen LogP contribution in [-0.4, -0.2) is 22.9 Å². The fourth-order valence-corrected chi connectivity index (χ4v) is 2.63. The van der Waals surface area contributed by atoms with Crippen molar-refractivity contribution in [3.8, 4) is 0 Å². The van der Waals surface area contributed by atoms with Gasteiger partial charge < -0.3 is 0 Å². The van der Waals surface area contributed by atoms with E-state index in [4.69, 9.17) is 23.2 Å². The van der Waals surface area contributed by atoms with Crippen molar-refractivity contribution in [3.05, 3.63) is 95.1 Å². The Morgan fingerprint density at radius 2 is 1.04 bits per heavy atom. The summed E-state index contributed by atoms with van der Waals surface area (Å²) in [5.41, 5.74) is 4.11. The second-order valence-corrected chi connectivity index (χ2v) is 6.51. The largest absolute Gasteiger partial charge is 0.276 e. The number of carbonyl (C=O) groups excluding carboxylic acids is 2. The first-order chi connectivity index (χ1) is 13.5. The first-order valence-corrected chi connectivity index (χ1v) is 9.05. The summed E-state index contributed by atoms with van der Waals surface area (Å²) in [7, 11) is 0. The van der Waals surface area contributed by atoms with Gasteiger partial charge in [-0.3, -0.25) is 19.6 Å². The molecule has 3 rings (SSSR count). The minimum absolute atomic E-state index is 0.433. The lowest BCUT2D eigenvalue weighted by Crippen LogP contribution is -1.88. The summed E-state index contributed by atoms with van der Waals surface area (Å²) in [5, 5.41) is -0.988. The molecule has 0 unspecified atom stereocenters. The molecule has 0 aromatic heterocycles. The highest BCUT2D eigenvalue weighted by atomic mass is 35.5. The summed E-state index contributed by atoms with van der Waals surface area (Å²) in [6.07, 6.45) is 3.46. The molecule has 0 saturated carbocycles. The van der Waals surface area contributed by atoms with Crippen molar-refractivity contribution in [3.63, 3.8) is 0 Å². The molecule has 0 amide bonds. The summed E-state index contributed by atoms with van der Waals surface area (Å²) >= 11 is 10.9. The minimum atomic E-state index is -0.494. The maximum absolute atomic E-state index is 11.1. The van der Waals surface area contributed by atoms with Crippen molar-refractivity contribution in [1.29, 1.82) is 0 Å². The van der Waals surface area contributed by atoms with Crippen LogP contribution in [0.2, 0.25) is 0 Å². The van der Waals surface area contributed by atoms with Gasteiger partial charge in [-0.2, -0.15) is 0 Å². The van der Waals surface area contributed by atoms with Crippen LogP contribution in [0.15, 0.2) is 82.8 Å². The standard InChI is InChI=1S/C22H14Cl2N2O2/c23-21(27)17-4-8-19(9-5-17)25-13-15-2-1-3-16(12-15)14-26-20-10-6-18(7-11-20)22(24)28/h1-14H. The van der Waals surface area contributed by atoms with Crippen LogP contribution >= 0.6 is 23.2 Å². The third-order valence-electron chi connectivity index (χ3n) is 3.82. The molecule has 3 aromatic carbocycles. The predicted octanol–water partition coefficient (Wildman–Crippen LogP) is 5.95. The molecule has 4 nitrogen and oxygen atoms in total. The average molecular weight is 409 g/mol. The van der Waals surface area contributed by atoms with Gasteiger partial charge in [0.2, 0.25) is 0 Å². The van der Waals surface area contributed by atoms with Crippen molar-refractivity contribution in [2.24, 2.45) is 9.98 Å². The van der Waals surface area contributed by atoms with Crippen molar-refractivity contribution in [1.82, 2.24) is 0 Å². The van der Waals surface area contributed by atoms with Crippen LogP contribution < -0.4 is 0 Å². The predicted molar refractivity (Wildman–Crippen MR) is 114 cm³/mol. The number of aliphatic imine (C=N–C) groups is 2. The molecule has 0 heterocycles. The van der Waals surface area contributed by atoms with Crippen LogP contribution in [-0.2, 0) is 0 Å². The van der Waals surface area contributed by atoms with E-state index in [1.165, 1.54) is 0 Å². The fraction of sp³-hybridized carbons (Fsp3) is 0. The summed E-state index contributed by atoms with van der Waals surface area (Å²) in [5.74, 6) is 0. The summed E-state index contributed by atoms with van der Waals surface area (Å²) in [6, 6.07) is 21.2. The Balaban J connectivity index is 1.71. The summed E-state index contributed by atoms with van der Waals surface area (Å²) in [4.78, 5) is 30.9. The Morgan fingerprint density at radius 3 is 1.39 bits per heavy atom. The molecule has 6 heteroatoms. The second-order valence-electron chi connectivity index (χ2n) is 5.83. The minimum Gasteiger partial charge on any atom is -0.276 e. The number of rotatable bonds is 6. The molecule has 0 aliphatic carbocycles. The highest BCUT2D eigenvalue weighted by Crippen LogP contribution is 2.16. The first-order valence-electron chi connectivity index (χ1n) is 8.29. The average Bonchev–Trinajstić information content (AvgIpc) is 2.71. The van der Waals surface area contributed by atoms with E-state index in [9.17, 15) is 9.59 Å². The highest BCUT2D eigenvalue weighted by Gasteiger charge is 2.01. The normalized spacial score (nSPS) is 11.2. The van der Waals surface area contributed by atoms with Gasteiger partial charge in [-0.25, -0.2) is 0 Å². The lowest BCUT2D eigenvalue weighted by Gasteiger charge is -1.99. The zero-order valence-corrected chi connectivity index (χ0v) is 16.1. The number of hydrogen-bond donors (Lipinski definition) is 0. The maximum Gasteiger partial charge on any atom is 0.252 e. The molecule has 138 valence electrons.